The van der Waals surface area contributed by atoms with Gasteiger partial charge in [-0.3, -0.25) is 9.80 Å². The molecule has 3 aliphatic rings. The summed E-state index contributed by atoms with van der Waals surface area (Å²) in [7, 11) is 0. The average molecular weight is 393 g/mol. The Morgan fingerprint density at radius 3 is 2.36 bits per heavy atom. The van der Waals surface area contributed by atoms with E-state index in [1.807, 2.05) is 22.2 Å². The molecule has 0 bridgehead atoms. The van der Waals surface area contributed by atoms with E-state index in [-0.39, 0.29) is 23.6 Å². The number of piperazine rings is 1. The highest BCUT2D eigenvalue weighted by molar-refractivity contribution is 5.80. The minimum Gasteiger partial charge on any atom is -0.435 e. The van der Waals surface area contributed by atoms with Crippen molar-refractivity contribution in [2.45, 2.75) is 25.5 Å². The van der Waals surface area contributed by atoms with Gasteiger partial charge in [0.25, 0.3) is 0 Å². The molecular weight excluding hydrogens is 368 g/mol. The van der Waals surface area contributed by atoms with Gasteiger partial charge in [0.05, 0.1) is 0 Å². The molecule has 0 radical (unpaired) electrons. The van der Waals surface area contributed by atoms with Gasteiger partial charge >= 0.3 is 6.61 Å². The van der Waals surface area contributed by atoms with E-state index < -0.39 is 6.61 Å². The molecule has 0 unspecified atom stereocenters. The SMILES string of the molecule is NC1CC(C(=O)N2CCN(N3C=CN(c4ccc(OC(F)F)cc4)C3)CC2)C1. The smallest absolute Gasteiger partial charge is 0.387 e. The molecule has 4 rings (SSSR count). The molecule has 2 aliphatic heterocycles. The van der Waals surface area contributed by atoms with Crippen LogP contribution in [0.5, 0.6) is 5.75 Å². The highest BCUT2D eigenvalue weighted by Crippen LogP contribution is 2.28. The maximum atomic E-state index is 12.4. The molecule has 0 aromatic heterocycles. The molecule has 2 fully saturated rings. The van der Waals surface area contributed by atoms with Gasteiger partial charge in [-0.05, 0) is 37.1 Å². The first kappa shape index (κ1) is 18.9. The normalized spacial score (nSPS) is 25.4. The number of hydrogen-bond acceptors (Lipinski definition) is 6. The van der Waals surface area contributed by atoms with Crippen molar-refractivity contribution in [1.29, 1.82) is 0 Å². The van der Waals surface area contributed by atoms with Crippen molar-refractivity contribution in [3.05, 3.63) is 36.7 Å². The molecule has 1 aliphatic carbocycles. The fourth-order valence-corrected chi connectivity index (χ4v) is 3.87. The first-order valence-electron chi connectivity index (χ1n) is 9.55. The number of alkyl halides is 2. The summed E-state index contributed by atoms with van der Waals surface area (Å²) in [6, 6.07) is 6.77. The molecule has 152 valence electrons. The number of carbonyl (C=O) groups excluding carboxylic acids is 1. The molecule has 9 heteroatoms. The number of hydrogen-bond donors (Lipinski definition) is 1. The molecule has 2 heterocycles. The van der Waals surface area contributed by atoms with Gasteiger partial charge < -0.3 is 20.3 Å². The van der Waals surface area contributed by atoms with Crippen LogP contribution in [0, 0.1) is 5.92 Å². The molecule has 1 aromatic rings. The van der Waals surface area contributed by atoms with Crippen molar-refractivity contribution >= 4 is 11.6 Å². The Hall–Kier alpha value is -2.39. The van der Waals surface area contributed by atoms with Gasteiger partial charge in [0.2, 0.25) is 5.91 Å². The number of benzene rings is 1. The zero-order valence-corrected chi connectivity index (χ0v) is 15.6. The maximum Gasteiger partial charge on any atom is 0.387 e. The van der Waals surface area contributed by atoms with E-state index in [9.17, 15) is 13.6 Å². The summed E-state index contributed by atoms with van der Waals surface area (Å²) < 4.78 is 28.9. The third-order valence-electron chi connectivity index (χ3n) is 5.56. The monoisotopic (exact) mass is 393 g/mol. The van der Waals surface area contributed by atoms with Crippen LogP contribution in [0.15, 0.2) is 36.7 Å². The van der Waals surface area contributed by atoms with E-state index in [4.69, 9.17) is 5.73 Å². The van der Waals surface area contributed by atoms with Gasteiger partial charge in [0.15, 0.2) is 0 Å². The quantitative estimate of drug-likeness (QED) is 0.821. The van der Waals surface area contributed by atoms with Crippen LogP contribution in [0.25, 0.3) is 0 Å². The van der Waals surface area contributed by atoms with Crippen LogP contribution in [-0.4, -0.2) is 66.3 Å². The van der Waals surface area contributed by atoms with Crippen molar-refractivity contribution in [2.24, 2.45) is 11.7 Å². The van der Waals surface area contributed by atoms with E-state index in [1.54, 1.807) is 12.1 Å². The fourth-order valence-electron chi connectivity index (χ4n) is 3.87. The molecule has 2 N–H and O–H groups in total. The molecular formula is C19H25F2N5O2. The number of nitrogens with two attached hydrogens (primary N) is 1. The van der Waals surface area contributed by atoms with Crippen molar-refractivity contribution in [3.8, 4) is 5.75 Å². The second-order valence-electron chi connectivity index (χ2n) is 7.43. The van der Waals surface area contributed by atoms with E-state index in [1.165, 1.54) is 12.1 Å². The summed E-state index contributed by atoms with van der Waals surface area (Å²) in [6.07, 6.45) is 5.57. The predicted molar refractivity (Wildman–Crippen MR) is 100 cm³/mol. The van der Waals surface area contributed by atoms with Crippen LogP contribution in [-0.2, 0) is 4.79 Å². The fraction of sp³-hybridized carbons (Fsp3) is 0.526. The van der Waals surface area contributed by atoms with E-state index >= 15 is 0 Å². The Bertz CT molecular complexity index is 716. The molecule has 7 nitrogen and oxygen atoms in total. The van der Waals surface area contributed by atoms with Gasteiger partial charge in [-0.25, -0.2) is 5.01 Å². The third-order valence-corrected chi connectivity index (χ3v) is 5.56. The molecule has 1 saturated carbocycles. The number of carbonyl (C=O) groups is 1. The Labute approximate surface area is 162 Å². The molecule has 1 amide bonds. The summed E-state index contributed by atoms with van der Waals surface area (Å²) in [4.78, 5) is 16.4. The lowest BCUT2D eigenvalue weighted by molar-refractivity contribution is -0.142. The molecule has 28 heavy (non-hydrogen) atoms. The molecule has 0 atom stereocenters. The Kier molecular flexibility index (Phi) is 5.36. The average Bonchev–Trinajstić information content (AvgIpc) is 3.15. The molecule has 0 spiro atoms. The first-order valence-corrected chi connectivity index (χ1v) is 9.55. The van der Waals surface area contributed by atoms with Crippen LogP contribution in [0.3, 0.4) is 0 Å². The predicted octanol–water partition coefficient (Wildman–Crippen LogP) is 1.64. The van der Waals surface area contributed by atoms with Crippen LogP contribution < -0.4 is 15.4 Å². The van der Waals surface area contributed by atoms with Crippen molar-refractivity contribution in [2.75, 3.05) is 37.7 Å². The number of ether oxygens (including phenoxy) is 1. The second-order valence-corrected chi connectivity index (χ2v) is 7.43. The van der Waals surface area contributed by atoms with Crippen LogP contribution in [0.1, 0.15) is 12.8 Å². The highest BCUT2D eigenvalue weighted by atomic mass is 19.3. The number of anilines is 1. The number of rotatable bonds is 5. The lowest BCUT2D eigenvalue weighted by Crippen LogP contribution is -2.56. The zero-order valence-electron chi connectivity index (χ0n) is 15.6. The minimum absolute atomic E-state index is 0.112. The number of halogens is 2. The number of amides is 1. The van der Waals surface area contributed by atoms with Gasteiger partial charge in [-0.15, -0.1) is 0 Å². The highest BCUT2D eigenvalue weighted by Gasteiger charge is 2.36. The first-order chi connectivity index (χ1) is 13.5. The Balaban J connectivity index is 1.26. The van der Waals surface area contributed by atoms with Crippen LogP contribution in [0.2, 0.25) is 0 Å². The van der Waals surface area contributed by atoms with Gasteiger partial charge in [0, 0.05) is 56.2 Å². The summed E-state index contributed by atoms with van der Waals surface area (Å²) in [5.74, 6) is 0.499. The van der Waals surface area contributed by atoms with Crippen molar-refractivity contribution in [3.63, 3.8) is 0 Å². The lowest BCUT2D eigenvalue weighted by atomic mass is 9.80. The lowest BCUT2D eigenvalue weighted by Gasteiger charge is -2.42. The van der Waals surface area contributed by atoms with E-state index in [0.29, 0.717) is 19.8 Å². The Morgan fingerprint density at radius 1 is 1.07 bits per heavy atom. The Morgan fingerprint density at radius 2 is 1.75 bits per heavy atom. The second kappa shape index (κ2) is 7.92. The van der Waals surface area contributed by atoms with E-state index in [2.05, 4.69) is 14.8 Å². The standard InChI is InChI=1S/C19H25F2N5O2/c20-19(21)28-17-3-1-16(2-4-17)24-7-10-26(13-24)25-8-5-23(6-9-25)18(27)14-11-15(22)12-14/h1-4,7,10,14-15,19H,5-6,8-9,11-13,22H2. The third kappa shape index (κ3) is 4.05. The minimum atomic E-state index is -2.82. The van der Waals surface area contributed by atoms with Crippen molar-refractivity contribution < 1.29 is 18.3 Å². The van der Waals surface area contributed by atoms with E-state index in [0.717, 1.165) is 31.6 Å². The summed E-state index contributed by atoms with van der Waals surface area (Å²) >= 11 is 0. The summed E-state index contributed by atoms with van der Waals surface area (Å²) in [6.45, 7) is 0.816. The molecule has 1 aromatic carbocycles. The van der Waals surface area contributed by atoms with Gasteiger partial charge in [-0.1, -0.05) is 0 Å². The number of nitrogens with zero attached hydrogens (tertiary/aromatic N) is 4. The summed E-state index contributed by atoms with van der Waals surface area (Å²) in [5.41, 5.74) is 6.69. The van der Waals surface area contributed by atoms with Crippen molar-refractivity contribution in [1.82, 2.24) is 14.9 Å². The van der Waals surface area contributed by atoms with Crippen LogP contribution in [0.4, 0.5) is 14.5 Å². The zero-order chi connectivity index (χ0) is 19.7. The topological polar surface area (TPSA) is 65.3 Å². The largest absolute Gasteiger partial charge is 0.435 e. The van der Waals surface area contributed by atoms with Crippen LogP contribution >= 0.6 is 0 Å². The van der Waals surface area contributed by atoms with Gasteiger partial charge in [0.1, 0.15) is 12.4 Å². The number of hydrazine groups is 1. The maximum absolute atomic E-state index is 12.4. The van der Waals surface area contributed by atoms with Gasteiger partial charge in [-0.2, -0.15) is 8.78 Å². The summed E-state index contributed by atoms with van der Waals surface area (Å²) in [5, 5.41) is 4.34. The molecule has 1 saturated heterocycles.